The van der Waals surface area contributed by atoms with Crippen LogP contribution in [0.5, 0.6) is 11.5 Å². The van der Waals surface area contributed by atoms with E-state index in [4.69, 9.17) is 9.47 Å². The standard InChI is InChI=1S/C18H20N2O3/c1-3-23-17-12-14(7-9-16(17)22-2)8-10-18(21)20-13-15-6-4-5-11-19-15/h4-12H,3,13H2,1-2H3,(H,20,21)/b10-8+. The number of methoxy groups -OCH3 is 1. The summed E-state index contributed by atoms with van der Waals surface area (Å²) in [5, 5.41) is 2.79. The largest absolute Gasteiger partial charge is 0.493 e. The fourth-order valence-corrected chi connectivity index (χ4v) is 1.98. The number of pyridine rings is 1. The lowest BCUT2D eigenvalue weighted by atomic mass is 10.2. The average Bonchev–Trinajstić information content (AvgIpc) is 2.59. The van der Waals surface area contributed by atoms with Gasteiger partial charge in [0.15, 0.2) is 11.5 Å². The second kappa shape index (κ2) is 8.58. The molecule has 5 heteroatoms. The monoisotopic (exact) mass is 312 g/mol. The number of hydrogen-bond acceptors (Lipinski definition) is 4. The van der Waals surface area contributed by atoms with Gasteiger partial charge in [0.25, 0.3) is 0 Å². The van der Waals surface area contributed by atoms with Gasteiger partial charge >= 0.3 is 0 Å². The molecule has 0 bridgehead atoms. The van der Waals surface area contributed by atoms with Crippen molar-refractivity contribution in [2.45, 2.75) is 13.5 Å². The highest BCUT2D eigenvalue weighted by Crippen LogP contribution is 2.28. The first-order valence-corrected chi connectivity index (χ1v) is 7.39. The molecule has 1 amide bonds. The molecule has 0 aliphatic heterocycles. The van der Waals surface area contributed by atoms with Gasteiger partial charge in [-0.2, -0.15) is 0 Å². The van der Waals surface area contributed by atoms with Gasteiger partial charge in [0, 0.05) is 12.3 Å². The molecule has 1 heterocycles. The fourth-order valence-electron chi connectivity index (χ4n) is 1.98. The Bertz CT molecular complexity index is 669. The Labute approximate surface area is 136 Å². The topological polar surface area (TPSA) is 60.5 Å². The lowest BCUT2D eigenvalue weighted by Crippen LogP contribution is -2.20. The summed E-state index contributed by atoms with van der Waals surface area (Å²) in [6.45, 7) is 2.86. The van der Waals surface area contributed by atoms with Gasteiger partial charge < -0.3 is 14.8 Å². The van der Waals surface area contributed by atoms with Crippen molar-refractivity contribution in [3.63, 3.8) is 0 Å². The third kappa shape index (κ3) is 5.14. The number of rotatable bonds is 7. The number of nitrogens with one attached hydrogen (secondary N) is 1. The summed E-state index contributed by atoms with van der Waals surface area (Å²) in [7, 11) is 1.60. The van der Waals surface area contributed by atoms with Gasteiger partial charge in [-0.15, -0.1) is 0 Å². The molecule has 0 fully saturated rings. The van der Waals surface area contributed by atoms with E-state index in [1.165, 1.54) is 6.08 Å². The van der Waals surface area contributed by atoms with Crippen LogP contribution in [0.3, 0.4) is 0 Å². The molecule has 0 saturated carbocycles. The minimum atomic E-state index is -0.176. The zero-order chi connectivity index (χ0) is 16.5. The summed E-state index contributed by atoms with van der Waals surface area (Å²) in [4.78, 5) is 16.0. The number of benzene rings is 1. The van der Waals surface area contributed by atoms with Crippen LogP contribution >= 0.6 is 0 Å². The van der Waals surface area contributed by atoms with E-state index in [1.54, 1.807) is 19.4 Å². The average molecular weight is 312 g/mol. The van der Waals surface area contributed by atoms with Crippen molar-refractivity contribution in [1.29, 1.82) is 0 Å². The van der Waals surface area contributed by atoms with Crippen LogP contribution in [0.25, 0.3) is 6.08 Å². The predicted octanol–water partition coefficient (Wildman–Crippen LogP) is 2.82. The minimum Gasteiger partial charge on any atom is -0.493 e. The number of ether oxygens (including phenoxy) is 2. The van der Waals surface area contributed by atoms with Gasteiger partial charge in [0.05, 0.1) is 26.0 Å². The zero-order valence-electron chi connectivity index (χ0n) is 13.3. The quantitative estimate of drug-likeness (QED) is 0.799. The van der Waals surface area contributed by atoms with Crippen molar-refractivity contribution in [3.05, 3.63) is 59.9 Å². The Morgan fingerprint density at radius 2 is 2.13 bits per heavy atom. The molecule has 1 aromatic heterocycles. The summed E-state index contributed by atoms with van der Waals surface area (Å²) >= 11 is 0. The van der Waals surface area contributed by atoms with Crippen LogP contribution in [0.2, 0.25) is 0 Å². The van der Waals surface area contributed by atoms with E-state index in [9.17, 15) is 4.79 Å². The highest BCUT2D eigenvalue weighted by molar-refractivity contribution is 5.91. The smallest absolute Gasteiger partial charge is 0.244 e. The predicted molar refractivity (Wildman–Crippen MR) is 89.3 cm³/mol. The maximum atomic E-state index is 11.8. The Morgan fingerprint density at radius 3 is 2.83 bits per heavy atom. The number of aromatic nitrogens is 1. The van der Waals surface area contributed by atoms with Crippen molar-refractivity contribution < 1.29 is 14.3 Å². The van der Waals surface area contributed by atoms with Crippen molar-refractivity contribution in [2.24, 2.45) is 0 Å². The van der Waals surface area contributed by atoms with Gasteiger partial charge in [-0.05, 0) is 42.8 Å². The number of carbonyl (C=O) groups is 1. The van der Waals surface area contributed by atoms with E-state index >= 15 is 0 Å². The normalized spacial score (nSPS) is 10.5. The summed E-state index contributed by atoms with van der Waals surface area (Å²) in [6, 6.07) is 11.1. The van der Waals surface area contributed by atoms with Crippen LogP contribution in [0, 0.1) is 0 Å². The first kappa shape index (κ1) is 16.5. The van der Waals surface area contributed by atoms with Gasteiger partial charge in [-0.25, -0.2) is 0 Å². The molecule has 0 atom stereocenters. The maximum Gasteiger partial charge on any atom is 0.244 e. The molecule has 0 aliphatic carbocycles. The van der Waals surface area contributed by atoms with Crippen LogP contribution in [0.1, 0.15) is 18.2 Å². The Hall–Kier alpha value is -2.82. The summed E-state index contributed by atoms with van der Waals surface area (Å²) in [5.74, 6) is 1.15. The van der Waals surface area contributed by atoms with E-state index in [0.717, 1.165) is 11.3 Å². The molecular formula is C18H20N2O3. The molecule has 0 saturated heterocycles. The first-order valence-electron chi connectivity index (χ1n) is 7.39. The van der Waals surface area contributed by atoms with Crippen molar-refractivity contribution in [3.8, 4) is 11.5 Å². The fraction of sp³-hybridized carbons (Fsp3) is 0.222. The summed E-state index contributed by atoms with van der Waals surface area (Å²) in [5.41, 5.74) is 1.68. The molecule has 0 unspecified atom stereocenters. The summed E-state index contributed by atoms with van der Waals surface area (Å²) in [6.07, 6.45) is 4.92. The molecule has 23 heavy (non-hydrogen) atoms. The Kier molecular flexibility index (Phi) is 6.17. The molecule has 120 valence electrons. The molecule has 2 rings (SSSR count). The van der Waals surface area contributed by atoms with Gasteiger partial charge in [0.2, 0.25) is 5.91 Å². The molecule has 0 aliphatic rings. The van der Waals surface area contributed by atoms with E-state index in [1.807, 2.05) is 43.3 Å². The zero-order valence-corrected chi connectivity index (χ0v) is 13.3. The molecule has 0 spiro atoms. The van der Waals surface area contributed by atoms with Crippen molar-refractivity contribution >= 4 is 12.0 Å². The lowest BCUT2D eigenvalue weighted by Gasteiger charge is -2.09. The first-order chi connectivity index (χ1) is 11.2. The van der Waals surface area contributed by atoms with Crippen LogP contribution in [0.15, 0.2) is 48.7 Å². The second-order valence-corrected chi connectivity index (χ2v) is 4.72. The molecule has 1 aromatic carbocycles. The van der Waals surface area contributed by atoms with Gasteiger partial charge in [-0.3, -0.25) is 9.78 Å². The summed E-state index contributed by atoms with van der Waals surface area (Å²) < 4.78 is 10.7. The Balaban J connectivity index is 1.96. The van der Waals surface area contributed by atoms with E-state index < -0.39 is 0 Å². The number of nitrogens with zero attached hydrogens (tertiary/aromatic N) is 1. The second-order valence-electron chi connectivity index (χ2n) is 4.72. The van der Waals surface area contributed by atoms with Crippen LogP contribution < -0.4 is 14.8 Å². The SMILES string of the molecule is CCOc1cc(/C=C/C(=O)NCc2ccccn2)ccc1OC. The van der Waals surface area contributed by atoms with E-state index in [2.05, 4.69) is 10.3 Å². The molecular weight excluding hydrogens is 292 g/mol. The Morgan fingerprint density at radius 1 is 1.26 bits per heavy atom. The minimum absolute atomic E-state index is 0.176. The van der Waals surface area contributed by atoms with Crippen molar-refractivity contribution in [2.75, 3.05) is 13.7 Å². The number of hydrogen-bond donors (Lipinski definition) is 1. The highest BCUT2D eigenvalue weighted by atomic mass is 16.5. The van der Waals surface area contributed by atoms with Gasteiger partial charge in [0.1, 0.15) is 0 Å². The molecule has 1 N–H and O–H groups in total. The third-order valence-electron chi connectivity index (χ3n) is 3.08. The van der Waals surface area contributed by atoms with E-state index in [-0.39, 0.29) is 5.91 Å². The van der Waals surface area contributed by atoms with Crippen LogP contribution in [-0.4, -0.2) is 24.6 Å². The van der Waals surface area contributed by atoms with Crippen molar-refractivity contribution in [1.82, 2.24) is 10.3 Å². The molecule has 5 nitrogen and oxygen atoms in total. The molecule has 2 aromatic rings. The lowest BCUT2D eigenvalue weighted by molar-refractivity contribution is -0.116. The van der Waals surface area contributed by atoms with Crippen LogP contribution in [0.4, 0.5) is 0 Å². The number of carbonyl (C=O) groups excluding carboxylic acids is 1. The highest BCUT2D eigenvalue weighted by Gasteiger charge is 2.04. The maximum absolute atomic E-state index is 11.8. The van der Waals surface area contributed by atoms with E-state index in [0.29, 0.717) is 24.7 Å². The molecule has 0 radical (unpaired) electrons. The number of amides is 1. The van der Waals surface area contributed by atoms with Crippen LogP contribution in [-0.2, 0) is 11.3 Å². The van der Waals surface area contributed by atoms with Gasteiger partial charge in [-0.1, -0.05) is 12.1 Å². The third-order valence-corrected chi connectivity index (χ3v) is 3.08.